The van der Waals surface area contributed by atoms with Gasteiger partial charge in [0.1, 0.15) is 11.3 Å². The van der Waals surface area contributed by atoms with Gasteiger partial charge < -0.3 is 4.57 Å². The average molecular weight is 305 g/mol. The Kier molecular flexibility index (Phi) is 3.86. The number of fused-ring (bicyclic) bond motifs is 1. The summed E-state index contributed by atoms with van der Waals surface area (Å²) in [6.07, 6.45) is 8.53. The highest BCUT2D eigenvalue weighted by atomic mass is 15.2. The van der Waals surface area contributed by atoms with E-state index in [1.807, 2.05) is 12.3 Å². The Morgan fingerprint density at radius 1 is 1.00 bits per heavy atom. The largest absolute Gasteiger partial charge is 0.305 e. The Labute approximate surface area is 137 Å². The van der Waals surface area contributed by atoms with Crippen LogP contribution in [0.3, 0.4) is 0 Å². The van der Waals surface area contributed by atoms with Gasteiger partial charge in [-0.3, -0.25) is 0 Å². The van der Waals surface area contributed by atoms with Crippen LogP contribution in [0.4, 0.5) is 0 Å². The molecule has 1 saturated carbocycles. The van der Waals surface area contributed by atoms with E-state index in [0.29, 0.717) is 12.0 Å². The molecule has 23 heavy (non-hydrogen) atoms. The van der Waals surface area contributed by atoms with Gasteiger partial charge in [-0.05, 0) is 43.4 Å². The predicted octanol–water partition coefficient (Wildman–Crippen LogP) is 4.91. The Hall–Kier alpha value is -2.16. The van der Waals surface area contributed by atoms with Crippen molar-refractivity contribution in [2.24, 2.45) is 5.92 Å². The van der Waals surface area contributed by atoms with Gasteiger partial charge in [0.05, 0.1) is 6.04 Å². The van der Waals surface area contributed by atoms with Crippen molar-refractivity contribution in [2.45, 2.75) is 45.1 Å². The number of rotatable bonds is 3. The predicted molar refractivity (Wildman–Crippen MR) is 93.4 cm³/mol. The standard InChI is InChI=1S/C20H23N3/c1-15-22-18-13-8-14-21-20(18)23(15)19(16-9-4-2-5-10-16)17-11-6-3-7-12-17/h2,4-5,8-10,13-14,17,19H,3,6-7,11-12H2,1H3. The molecule has 0 radical (unpaired) electrons. The molecule has 3 nitrogen and oxygen atoms in total. The Morgan fingerprint density at radius 3 is 2.57 bits per heavy atom. The molecule has 1 aliphatic carbocycles. The van der Waals surface area contributed by atoms with Crippen molar-refractivity contribution in [3.8, 4) is 0 Å². The fourth-order valence-electron chi connectivity index (χ4n) is 4.11. The number of benzene rings is 1. The molecule has 2 aromatic heterocycles. The Bertz CT molecular complexity index is 785. The second-order valence-corrected chi connectivity index (χ2v) is 6.63. The molecule has 1 fully saturated rings. The number of aryl methyl sites for hydroxylation is 1. The molecular weight excluding hydrogens is 282 g/mol. The number of imidazole rings is 1. The van der Waals surface area contributed by atoms with Gasteiger partial charge in [0.25, 0.3) is 0 Å². The van der Waals surface area contributed by atoms with Crippen molar-refractivity contribution >= 4 is 11.2 Å². The molecule has 0 aliphatic heterocycles. The van der Waals surface area contributed by atoms with E-state index in [1.165, 1.54) is 37.7 Å². The fraction of sp³-hybridized carbons (Fsp3) is 0.400. The molecule has 0 amide bonds. The fourth-order valence-corrected chi connectivity index (χ4v) is 4.11. The van der Waals surface area contributed by atoms with Crippen molar-refractivity contribution in [3.05, 3.63) is 60.0 Å². The van der Waals surface area contributed by atoms with Gasteiger partial charge in [0, 0.05) is 6.20 Å². The van der Waals surface area contributed by atoms with Crippen LogP contribution in [0.5, 0.6) is 0 Å². The summed E-state index contributed by atoms with van der Waals surface area (Å²) in [5, 5.41) is 0. The van der Waals surface area contributed by atoms with Crippen LogP contribution in [-0.2, 0) is 0 Å². The Balaban J connectivity index is 1.88. The zero-order valence-corrected chi connectivity index (χ0v) is 13.7. The van der Waals surface area contributed by atoms with E-state index >= 15 is 0 Å². The first-order valence-electron chi connectivity index (χ1n) is 8.69. The number of pyridine rings is 1. The van der Waals surface area contributed by atoms with Crippen LogP contribution in [-0.4, -0.2) is 14.5 Å². The summed E-state index contributed by atoms with van der Waals surface area (Å²) >= 11 is 0. The molecule has 2 heterocycles. The van der Waals surface area contributed by atoms with Crippen molar-refractivity contribution in [1.82, 2.24) is 14.5 Å². The van der Waals surface area contributed by atoms with Gasteiger partial charge in [0.2, 0.25) is 0 Å². The van der Waals surface area contributed by atoms with E-state index in [1.54, 1.807) is 0 Å². The first-order valence-corrected chi connectivity index (χ1v) is 8.69. The molecule has 1 aromatic carbocycles. The van der Waals surface area contributed by atoms with Crippen LogP contribution in [0.25, 0.3) is 11.2 Å². The highest BCUT2D eigenvalue weighted by Crippen LogP contribution is 2.39. The molecule has 118 valence electrons. The lowest BCUT2D eigenvalue weighted by molar-refractivity contribution is 0.280. The SMILES string of the molecule is Cc1nc2cccnc2n1C(c1ccccc1)C1CCCCC1. The molecule has 1 atom stereocenters. The van der Waals surface area contributed by atoms with Crippen molar-refractivity contribution in [2.75, 3.05) is 0 Å². The maximum absolute atomic E-state index is 4.75. The van der Waals surface area contributed by atoms with Crippen LogP contribution in [0.2, 0.25) is 0 Å². The molecule has 1 unspecified atom stereocenters. The lowest BCUT2D eigenvalue weighted by Crippen LogP contribution is -2.24. The number of aromatic nitrogens is 3. The summed E-state index contributed by atoms with van der Waals surface area (Å²) in [5.74, 6) is 1.74. The zero-order valence-electron chi connectivity index (χ0n) is 13.7. The van der Waals surface area contributed by atoms with Gasteiger partial charge in [-0.2, -0.15) is 0 Å². The van der Waals surface area contributed by atoms with Crippen LogP contribution < -0.4 is 0 Å². The molecular formula is C20H23N3. The monoisotopic (exact) mass is 305 g/mol. The third kappa shape index (κ3) is 2.65. The van der Waals surface area contributed by atoms with E-state index in [2.05, 4.69) is 52.9 Å². The lowest BCUT2D eigenvalue weighted by Gasteiger charge is -2.32. The third-order valence-electron chi connectivity index (χ3n) is 5.14. The van der Waals surface area contributed by atoms with Gasteiger partial charge >= 0.3 is 0 Å². The molecule has 0 saturated heterocycles. The van der Waals surface area contributed by atoms with Gasteiger partial charge in [-0.15, -0.1) is 0 Å². The quantitative estimate of drug-likeness (QED) is 0.688. The van der Waals surface area contributed by atoms with Crippen LogP contribution in [0, 0.1) is 12.8 Å². The normalized spacial score (nSPS) is 17.4. The van der Waals surface area contributed by atoms with Crippen molar-refractivity contribution < 1.29 is 0 Å². The van der Waals surface area contributed by atoms with Crippen molar-refractivity contribution in [1.29, 1.82) is 0 Å². The first-order chi connectivity index (χ1) is 11.3. The summed E-state index contributed by atoms with van der Waals surface area (Å²) in [6, 6.07) is 15.3. The number of nitrogens with zero attached hydrogens (tertiary/aromatic N) is 3. The highest BCUT2D eigenvalue weighted by Gasteiger charge is 2.29. The average Bonchev–Trinajstić information content (AvgIpc) is 2.94. The summed E-state index contributed by atoms with van der Waals surface area (Å²) in [7, 11) is 0. The highest BCUT2D eigenvalue weighted by molar-refractivity contribution is 5.71. The molecule has 3 aromatic rings. The summed E-state index contributed by atoms with van der Waals surface area (Å²) in [4.78, 5) is 9.40. The van der Waals surface area contributed by atoms with E-state index in [0.717, 1.165) is 17.0 Å². The van der Waals surface area contributed by atoms with E-state index < -0.39 is 0 Å². The maximum Gasteiger partial charge on any atom is 0.160 e. The van der Waals surface area contributed by atoms with E-state index in [-0.39, 0.29) is 0 Å². The molecule has 4 rings (SSSR count). The summed E-state index contributed by atoms with van der Waals surface area (Å²) in [5.41, 5.74) is 3.40. The summed E-state index contributed by atoms with van der Waals surface area (Å²) < 4.78 is 2.38. The van der Waals surface area contributed by atoms with Crippen LogP contribution >= 0.6 is 0 Å². The van der Waals surface area contributed by atoms with Gasteiger partial charge in [0.15, 0.2) is 5.65 Å². The zero-order chi connectivity index (χ0) is 15.6. The topological polar surface area (TPSA) is 30.7 Å². The smallest absolute Gasteiger partial charge is 0.160 e. The summed E-state index contributed by atoms with van der Waals surface area (Å²) in [6.45, 7) is 2.11. The molecule has 0 N–H and O–H groups in total. The second-order valence-electron chi connectivity index (χ2n) is 6.63. The molecule has 1 aliphatic rings. The third-order valence-corrected chi connectivity index (χ3v) is 5.14. The molecule has 0 bridgehead atoms. The van der Waals surface area contributed by atoms with Gasteiger partial charge in [-0.1, -0.05) is 49.6 Å². The van der Waals surface area contributed by atoms with Crippen LogP contribution in [0.1, 0.15) is 49.5 Å². The minimum absolute atomic E-state index is 0.344. The minimum atomic E-state index is 0.344. The maximum atomic E-state index is 4.75. The number of hydrogen-bond acceptors (Lipinski definition) is 2. The van der Waals surface area contributed by atoms with E-state index in [4.69, 9.17) is 4.98 Å². The Morgan fingerprint density at radius 2 is 1.78 bits per heavy atom. The molecule has 3 heteroatoms. The second kappa shape index (κ2) is 6.15. The molecule has 0 spiro atoms. The van der Waals surface area contributed by atoms with Crippen molar-refractivity contribution in [3.63, 3.8) is 0 Å². The minimum Gasteiger partial charge on any atom is -0.305 e. The number of hydrogen-bond donors (Lipinski definition) is 0. The van der Waals surface area contributed by atoms with Gasteiger partial charge in [-0.25, -0.2) is 9.97 Å². The first kappa shape index (κ1) is 14.4. The van der Waals surface area contributed by atoms with E-state index in [9.17, 15) is 0 Å². The lowest BCUT2D eigenvalue weighted by atomic mass is 9.81. The van der Waals surface area contributed by atoms with Crippen LogP contribution in [0.15, 0.2) is 48.7 Å².